The molecule has 5 heteroatoms. The van der Waals surface area contributed by atoms with Crippen LogP contribution in [-0.4, -0.2) is 40.2 Å². The summed E-state index contributed by atoms with van der Waals surface area (Å²) in [5.41, 5.74) is 1.16. The molecule has 0 aliphatic carbocycles. The van der Waals surface area contributed by atoms with Gasteiger partial charge in [-0.15, -0.1) is 11.8 Å². The Morgan fingerprint density at radius 1 is 1.32 bits per heavy atom. The summed E-state index contributed by atoms with van der Waals surface area (Å²) >= 11 is 1.52. The first-order valence-corrected chi connectivity index (χ1v) is 7.25. The lowest BCUT2D eigenvalue weighted by molar-refractivity contribution is -0.143. The zero-order valence-electron chi connectivity index (χ0n) is 11.2. The second kappa shape index (κ2) is 7.84. The van der Waals surface area contributed by atoms with Crippen LogP contribution in [0, 0.1) is 0 Å². The third kappa shape index (κ3) is 5.34. The van der Waals surface area contributed by atoms with Gasteiger partial charge in [-0.2, -0.15) is 0 Å². The molecule has 1 rings (SSSR count). The Hall–Kier alpha value is -1.49. The Bertz CT molecular complexity index is 422. The predicted octanol–water partition coefficient (Wildman–Crippen LogP) is 2.24. The molecule has 1 amide bonds. The summed E-state index contributed by atoms with van der Waals surface area (Å²) in [6.45, 7) is 3.79. The lowest BCUT2D eigenvalue weighted by Crippen LogP contribution is -2.39. The largest absolute Gasteiger partial charge is 0.480 e. The number of aliphatic carboxylic acids is 1. The van der Waals surface area contributed by atoms with Crippen LogP contribution in [0.4, 0.5) is 0 Å². The minimum absolute atomic E-state index is 0.120. The van der Waals surface area contributed by atoms with Crippen LogP contribution in [0.3, 0.4) is 0 Å². The number of carboxylic acids is 1. The highest BCUT2D eigenvalue weighted by Crippen LogP contribution is 2.19. The zero-order valence-corrected chi connectivity index (χ0v) is 12.0. The number of hydrogen-bond donors (Lipinski definition) is 1. The maximum Gasteiger partial charge on any atom is 0.323 e. The first kappa shape index (κ1) is 15.6. The second-order valence-corrected chi connectivity index (χ2v) is 5.51. The van der Waals surface area contributed by atoms with Crippen molar-refractivity contribution in [2.45, 2.75) is 24.9 Å². The fraction of sp³-hybridized carbons (Fsp3) is 0.429. The molecule has 1 atom stereocenters. The van der Waals surface area contributed by atoms with Crippen LogP contribution >= 0.6 is 11.8 Å². The molecule has 104 valence electrons. The van der Waals surface area contributed by atoms with Gasteiger partial charge in [-0.25, -0.2) is 0 Å². The van der Waals surface area contributed by atoms with Crippen LogP contribution in [0.1, 0.15) is 19.4 Å². The van der Waals surface area contributed by atoms with Gasteiger partial charge in [0.25, 0.3) is 0 Å². The molecular weight excluding hydrogens is 262 g/mol. The Labute approximate surface area is 117 Å². The first-order chi connectivity index (χ1) is 9.04. The minimum Gasteiger partial charge on any atom is -0.480 e. The number of rotatable bonds is 7. The van der Waals surface area contributed by atoms with Gasteiger partial charge in [-0.3, -0.25) is 9.59 Å². The molecule has 0 spiro atoms. The number of carbonyl (C=O) groups is 2. The predicted molar refractivity (Wildman–Crippen MR) is 77.1 cm³/mol. The van der Waals surface area contributed by atoms with Gasteiger partial charge in [0.05, 0.1) is 5.25 Å². The number of nitrogens with zero attached hydrogens (tertiary/aromatic N) is 1. The summed E-state index contributed by atoms with van der Waals surface area (Å²) in [5, 5.41) is 8.52. The van der Waals surface area contributed by atoms with Crippen LogP contribution in [0.15, 0.2) is 30.3 Å². The van der Waals surface area contributed by atoms with E-state index in [-0.39, 0.29) is 17.7 Å². The van der Waals surface area contributed by atoms with Crippen molar-refractivity contribution < 1.29 is 14.7 Å². The van der Waals surface area contributed by atoms with E-state index in [4.69, 9.17) is 5.11 Å². The third-order valence-electron chi connectivity index (χ3n) is 2.71. The van der Waals surface area contributed by atoms with Gasteiger partial charge in [-0.05, 0) is 19.4 Å². The molecule has 1 unspecified atom stereocenters. The second-order valence-electron chi connectivity index (χ2n) is 4.18. The van der Waals surface area contributed by atoms with Crippen molar-refractivity contribution in [2.75, 3.05) is 13.1 Å². The molecule has 1 aromatic rings. The van der Waals surface area contributed by atoms with Gasteiger partial charge in [0.15, 0.2) is 0 Å². The lowest BCUT2D eigenvalue weighted by Gasteiger charge is -2.22. The van der Waals surface area contributed by atoms with Crippen LogP contribution in [0.25, 0.3) is 0 Å². The molecule has 0 saturated heterocycles. The van der Waals surface area contributed by atoms with Crippen molar-refractivity contribution in [1.82, 2.24) is 4.90 Å². The summed E-state index contributed by atoms with van der Waals surface area (Å²) in [7, 11) is 0. The van der Waals surface area contributed by atoms with Crippen LogP contribution in [0.5, 0.6) is 0 Å². The highest BCUT2D eigenvalue weighted by atomic mass is 32.2. The van der Waals surface area contributed by atoms with Crippen molar-refractivity contribution in [3.05, 3.63) is 35.9 Å². The quantitative estimate of drug-likeness (QED) is 0.832. The summed E-state index contributed by atoms with van der Waals surface area (Å²) in [6.07, 6.45) is 0. The number of hydrogen-bond acceptors (Lipinski definition) is 3. The van der Waals surface area contributed by atoms with E-state index in [1.807, 2.05) is 37.3 Å². The first-order valence-electron chi connectivity index (χ1n) is 6.20. The number of thioether (sulfide) groups is 1. The zero-order chi connectivity index (χ0) is 14.3. The van der Waals surface area contributed by atoms with E-state index in [2.05, 4.69) is 0 Å². The molecule has 0 aliphatic rings. The molecule has 1 aromatic carbocycles. The molecule has 0 radical (unpaired) electrons. The van der Waals surface area contributed by atoms with Crippen LogP contribution < -0.4 is 0 Å². The van der Waals surface area contributed by atoms with Gasteiger partial charge in [0.2, 0.25) is 5.91 Å². The summed E-state index contributed by atoms with van der Waals surface area (Å²) < 4.78 is 0. The summed E-state index contributed by atoms with van der Waals surface area (Å²) in [5.74, 6) is -0.348. The van der Waals surface area contributed by atoms with E-state index in [1.54, 1.807) is 6.92 Å². The molecule has 0 aromatic heterocycles. The summed E-state index contributed by atoms with van der Waals surface area (Å²) in [6, 6.07) is 9.91. The molecule has 4 nitrogen and oxygen atoms in total. The number of likely N-dealkylation sites (N-methyl/N-ethyl adjacent to an activating group) is 1. The highest BCUT2D eigenvalue weighted by molar-refractivity contribution is 7.99. The topological polar surface area (TPSA) is 57.6 Å². The Balaban J connectivity index is 2.49. The van der Waals surface area contributed by atoms with Crippen LogP contribution in [0.2, 0.25) is 0 Å². The molecule has 0 bridgehead atoms. The number of benzene rings is 1. The average molecular weight is 281 g/mol. The van der Waals surface area contributed by atoms with E-state index < -0.39 is 5.97 Å². The molecule has 0 aliphatic heterocycles. The van der Waals surface area contributed by atoms with Crippen molar-refractivity contribution in [2.24, 2.45) is 0 Å². The minimum atomic E-state index is -0.976. The molecule has 0 fully saturated rings. The normalized spacial score (nSPS) is 11.9. The standard InChI is InChI=1S/C14H19NO3S/c1-3-15(9-13(16)17)14(18)11(2)19-10-12-7-5-4-6-8-12/h4-8,11H,3,9-10H2,1-2H3,(H,16,17). The van der Waals surface area contributed by atoms with E-state index in [0.717, 1.165) is 11.3 Å². The van der Waals surface area contributed by atoms with E-state index >= 15 is 0 Å². The van der Waals surface area contributed by atoms with Gasteiger partial charge < -0.3 is 10.0 Å². The van der Waals surface area contributed by atoms with Crippen molar-refractivity contribution >= 4 is 23.6 Å². The lowest BCUT2D eigenvalue weighted by atomic mass is 10.2. The van der Waals surface area contributed by atoms with Crippen molar-refractivity contribution in [1.29, 1.82) is 0 Å². The average Bonchev–Trinajstić information content (AvgIpc) is 2.42. The van der Waals surface area contributed by atoms with Crippen molar-refractivity contribution in [3.8, 4) is 0 Å². The van der Waals surface area contributed by atoms with Gasteiger partial charge >= 0.3 is 5.97 Å². The maximum atomic E-state index is 12.1. The van der Waals surface area contributed by atoms with Crippen LogP contribution in [-0.2, 0) is 15.3 Å². The van der Waals surface area contributed by atoms with Gasteiger partial charge in [0.1, 0.15) is 6.54 Å². The van der Waals surface area contributed by atoms with E-state index in [1.165, 1.54) is 16.7 Å². The fourth-order valence-corrected chi connectivity index (χ4v) is 2.56. The highest BCUT2D eigenvalue weighted by Gasteiger charge is 2.21. The molecule has 1 N–H and O–H groups in total. The maximum absolute atomic E-state index is 12.1. The Morgan fingerprint density at radius 3 is 2.47 bits per heavy atom. The van der Waals surface area contributed by atoms with E-state index in [0.29, 0.717) is 6.54 Å². The van der Waals surface area contributed by atoms with Crippen molar-refractivity contribution in [3.63, 3.8) is 0 Å². The SMILES string of the molecule is CCN(CC(=O)O)C(=O)C(C)SCc1ccccc1. The molecule has 0 saturated carbocycles. The smallest absolute Gasteiger partial charge is 0.323 e. The Morgan fingerprint density at radius 2 is 1.95 bits per heavy atom. The number of amides is 1. The van der Waals surface area contributed by atoms with E-state index in [9.17, 15) is 9.59 Å². The Kier molecular flexibility index (Phi) is 6.42. The summed E-state index contributed by atoms with van der Waals surface area (Å²) in [4.78, 5) is 24.1. The monoisotopic (exact) mass is 281 g/mol. The molecule has 19 heavy (non-hydrogen) atoms. The van der Waals surface area contributed by atoms with Gasteiger partial charge in [0, 0.05) is 12.3 Å². The third-order valence-corrected chi connectivity index (χ3v) is 3.91. The molecule has 0 heterocycles. The fourth-order valence-electron chi connectivity index (χ4n) is 1.63. The number of carboxylic acid groups (broad SMARTS) is 1. The molecular formula is C14H19NO3S. The van der Waals surface area contributed by atoms with Gasteiger partial charge in [-0.1, -0.05) is 30.3 Å². The number of carbonyl (C=O) groups excluding carboxylic acids is 1.